The summed E-state index contributed by atoms with van der Waals surface area (Å²) in [4.78, 5) is 17.7. The first kappa shape index (κ1) is 32.5. The van der Waals surface area contributed by atoms with E-state index in [1.165, 1.54) is 11.8 Å². The van der Waals surface area contributed by atoms with Crippen LogP contribution < -0.4 is 0 Å². The maximum absolute atomic E-state index is 12.2. The van der Waals surface area contributed by atoms with Crippen molar-refractivity contribution < 1.29 is 18.4 Å². The lowest BCUT2D eigenvalue weighted by atomic mass is 10.2. The third-order valence-corrected chi connectivity index (χ3v) is 7.78. The van der Waals surface area contributed by atoms with Gasteiger partial charge in [0.15, 0.2) is 6.29 Å². The van der Waals surface area contributed by atoms with Gasteiger partial charge in [-0.2, -0.15) is 0 Å². The molecule has 39 heavy (non-hydrogen) atoms. The number of carbonyl (C=O) groups is 1. The van der Waals surface area contributed by atoms with Crippen molar-refractivity contribution in [1.82, 2.24) is 9.97 Å². The number of hydrogen-bond donors (Lipinski definition) is 0. The van der Waals surface area contributed by atoms with Crippen LogP contribution in [0.4, 0.5) is 0 Å². The number of carbonyl (C=O) groups excluding carboxylic acids is 1. The molecule has 0 aliphatic carbocycles. The number of benzene rings is 2. The van der Waals surface area contributed by atoms with Crippen LogP contribution in [0.1, 0.15) is 40.9 Å². The summed E-state index contributed by atoms with van der Waals surface area (Å²) in [7, 11) is -2.98. The summed E-state index contributed by atoms with van der Waals surface area (Å²) >= 11 is 6.82. The lowest BCUT2D eigenvalue weighted by Crippen LogP contribution is -1.99. The van der Waals surface area contributed by atoms with Crippen molar-refractivity contribution in [2.24, 2.45) is 0 Å². The molecule has 0 amide bonds. The highest BCUT2D eigenvalue weighted by Gasteiger charge is 2.23. The maximum Gasteiger partial charge on any atom is 0.335 e. The van der Waals surface area contributed by atoms with E-state index in [0.29, 0.717) is 24.9 Å². The van der Waals surface area contributed by atoms with Gasteiger partial charge in [-0.15, -0.1) is 0 Å². The van der Waals surface area contributed by atoms with Crippen LogP contribution in [0.15, 0.2) is 107 Å². The molecule has 0 aliphatic heterocycles. The van der Waals surface area contributed by atoms with E-state index in [4.69, 9.17) is 9.05 Å². The molecule has 0 saturated heterocycles. The molecule has 2 aromatic heterocycles. The van der Waals surface area contributed by atoms with Crippen LogP contribution in [0.2, 0.25) is 0 Å². The molecule has 2 aromatic carbocycles. The van der Waals surface area contributed by atoms with Crippen LogP contribution in [0.25, 0.3) is 12.2 Å². The summed E-state index contributed by atoms with van der Waals surface area (Å²) in [5.74, 6) is 0. The number of aromatic nitrogens is 2. The topological polar surface area (TPSA) is 78.4 Å². The van der Waals surface area contributed by atoms with Gasteiger partial charge in [0.2, 0.25) is 0 Å². The van der Waals surface area contributed by atoms with Crippen molar-refractivity contribution >= 4 is 57.9 Å². The molecule has 0 bridgehead atoms. The molecule has 0 saturated carbocycles. The van der Waals surface area contributed by atoms with E-state index in [0.717, 1.165) is 26.4 Å². The summed E-state index contributed by atoms with van der Waals surface area (Å²) in [6.45, 7) is 4.41. The number of halogens is 2. The number of pyridine rings is 2. The molecule has 4 rings (SSSR count). The Labute approximate surface area is 247 Å². The van der Waals surface area contributed by atoms with Crippen LogP contribution >= 0.6 is 39.5 Å². The minimum absolute atomic E-state index is 0.314. The van der Waals surface area contributed by atoms with Gasteiger partial charge in [-0.25, -0.2) is 0 Å². The number of nitrogens with zero attached hydrogens (tertiary/aromatic N) is 2. The average Bonchev–Trinajstić information content (AvgIpc) is 2.94. The first-order valence-corrected chi connectivity index (χ1v) is 15.5. The summed E-state index contributed by atoms with van der Waals surface area (Å²) in [6.07, 6.45) is 12.0. The van der Waals surface area contributed by atoms with E-state index in [1.807, 2.05) is 68.6 Å². The van der Waals surface area contributed by atoms with Crippen LogP contribution in [-0.4, -0.2) is 29.5 Å². The van der Waals surface area contributed by atoms with E-state index >= 15 is 0 Å². The zero-order valence-electron chi connectivity index (χ0n) is 21.8. The van der Waals surface area contributed by atoms with Gasteiger partial charge in [-0.3, -0.25) is 19.3 Å². The predicted molar refractivity (Wildman–Crippen MR) is 166 cm³/mol. The number of hydrogen-bond acceptors (Lipinski definition) is 6. The fourth-order valence-corrected chi connectivity index (χ4v) is 5.66. The molecular formula is C30H31Br2N2O4P. The molecule has 0 unspecified atom stereocenters. The van der Waals surface area contributed by atoms with Crippen molar-refractivity contribution in [2.45, 2.75) is 20.0 Å². The van der Waals surface area contributed by atoms with E-state index in [1.54, 1.807) is 24.5 Å². The third kappa shape index (κ3) is 13.8. The van der Waals surface area contributed by atoms with Crippen molar-refractivity contribution in [2.75, 3.05) is 13.2 Å². The Morgan fingerprint density at radius 1 is 0.744 bits per heavy atom. The minimum Gasteiger partial charge on any atom is -0.309 e. The third-order valence-electron chi connectivity index (χ3n) is 4.74. The first-order chi connectivity index (χ1) is 18.9. The highest BCUT2D eigenvalue weighted by Crippen LogP contribution is 2.51. The summed E-state index contributed by atoms with van der Waals surface area (Å²) in [5.41, 5.74) is 3.85. The molecule has 0 N–H and O–H groups in total. The molecule has 0 fully saturated rings. The number of aldehydes is 1. The zero-order chi connectivity index (χ0) is 28.3. The zero-order valence-corrected chi connectivity index (χ0v) is 25.9. The van der Waals surface area contributed by atoms with Gasteiger partial charge in [0, 0.05) is 39.3 Å². The second kappa shape index (κ2) is 18.5. The molecule has 0 aliphatic rings. The summed E-state index contributed by atoms with van der Waals surface area (Å²) in [5, 5.41) is 0. The Bertz CT molecular complexity index is 1330. The Balaban J connectivity index is 0.000000216. The van der Waals surface area contributed by atoms with Gasteiger partial charge >= 0.3 is 7.60 Å². The van der Waals surface area contributed by atoms with Gasteiger partial charge in [0.1, 0.15) is 0 Å². The molecule has 0 spiro atoms. The smallest absolute Gasteiger partial charge is 0.309 e. The van der Waals surface area contributed by atoms with Crippen molar-refractivity contribution in [3.63, 3.8) is 0 Å². The molecular weight excluding hydrogens is 643 g/mol. The molecule has 6 nitrogen and oxygen atoms in total. The van der Waals surface area contributed by atoms with Crippen LogP contribution in [-0.2, 0) is 19.8 Å². The van der Waals surface area contributed by atoms with Gasteiger partial charge in [-0.1, -0.05) is 74.3 Å². The van der Waals surface area contributed by atoms with E-state index in [2.05, 4.69) is 66.1 Å². The van der Waals surface area contributed by atoms with Crippen LogP contribution in [0.5, 0.6) is 0 Å². The van der Waals surface area contributed by atoms with Crippen molar-refractivity contribution in [3.8, 4) is 0 Å². The lowest BCUT2D eigenvalue weighted by molar-refractivity contribution is 0.112. The monoisotopic (exact) mass is 672 g/mol. The second-order valence-electron chi connectivity index (χ2n) is 7.81. The Morgan fingerprint density at radius 2 is 1.28 bits per heavy atom. The Morgan fingerprint density at radius 3 is 1.77 bits per heavy atom. The molecule has 4 aromatic rings. The fourth-order valence-electron chi connectivity index (χ4n) is 3.10. The van der Waals surface area contributed by atoms with Crippen molar-refractivity contribution in [3.05, 3.63) is 129 Å². The molecule has 9 heteroatoms. The summed E-state index contributed by atoms with van der Waals surface area (Å²) < 4.78 is 24.8. The maximum atomic E-state index is 12.2. The minimum atomic E-state index is -2.98. The standard InChI is InChI=1S/C13H10BrN.C11H16BrO3P.C6H5NO/c14-13-5-1-3-11(9-13)6-7-12-4-2-8-15-10-12;1-3-14-16(13,15-4-2)9-10-6-5-7-11(12)8-10;8-5-6-2-1-3-7-4-6/h1-10H;5-8H,3-4,9H2,1-2H3;1-5H/b7-6+;;. The van der Waals surface area contributed by atoms with Crippen molar-refractivity contribution in [1.29, 1.82) is 0 Å². The second-order valence-corrected chi connectivity index (χ2v) is 11.7. The first-order valence-electron chi connectivity index (χ1n) is 12.2. The van der Waals surface area contributed by atoms with Gasteiger partial charge < -0.3 is 9.05 Å². The number of rotatable bonds is 9. The highest BCUT2D eigenvalue weighted by molar-refractivity contribution is 9.10. The van der Waals surface area contributed by atoms with E-state index < -0.39 is 7.60 Å². The highest BCUT2D eigenvalue weighted by atomic mass is 79.9. The summed E-state index contributed by atoms with van der Waals surface area (Å²) in [6, 6.07) is 23.2. The molecule has 0 atom stereocenters. The molecule has 204 valence electrons. The predicted octanol–water partition coefficient (Wildman–Crippen LogP) is 9.12. The Kier molecular flexibility index (Phi) is 15.4. The SMILES string of the molecule is Brc1cccc(/C=C/c2cccnc2)c1.CCOP(=O)(Cc1cccc(Br)c1)OCC.O=Cc1cccnc1. The van der Waals surface area contributed by atoms with E-state index in [9.17, 15) is 9.36 Å². The van der Waals surface area contributed by atoms with E-state index in [-0.39, 0.29) is 0 Å². The van der Waals surface area contributed by atoms with Gasteiger partial charge in [0.25, 0.3) is 0 Å². The molecule has 0 radical (unpaired) electrons. The quantitative estimate of drug-likeness (QED) is 0.130. The normalized spacial score (nSPS) is 10.7. The van der Waals surface area contributed by atoms with Gasteiger partial charge in [0.05, 0.1) is 19.4 Å². The lowest BCUT2D eigenvalue weighted by Gasteiger charge is -2.16. The average molecular weight is 674 g/mol. The van der Waals surface area contributed by atoms with Crippen LogP contribution in [0.3, 0.4) is 0 Å². The van der Waals surface area contributed by atoms with Gasteiger partial charge in [-0.05, 0) is 73.0 Å². The van der Waals surface area contributed by atoms with Crippen LogP contribution in [0, 0.1) is 0 Å². The molecule has 2 heterocycles. The Hall–Kier alpha value is -2.74. The fraction of sp³-hybridized carbons (Fsp3) is 0.167. The largest absolute Gasteiger partial charge is 0.335 e.